The third-order valence-corrected chi connectivity index (χ3v) is 7.26. The third-order valence-electron chi connectivity index (χ3n) is 5.51. The summed E-state index contributed by atoms with van der Waals surface area (Å²) in [7, 11) is -2.99. The van der Waals surface area contributed by atoms with E-state index >= 15 is 0 Å². The summed E-state index contributed by atoms with van der Waals surface area (Å²) in [6.45, 7) is 2.90. The second kappa shape index (κ2) is 6.63. The lowest BCUT2D eigenvalue weighted by molar-refractivity contribution is -0.134. The van der Waals surface area contributed by atoms with Gasteiger partial charge in [0, 0.05) is 6.04 Å². The molecule has 0 aromatic rings. The third kappa shape index (κ3) is 3.31. The van der Waals surface area contributed by atoms with E-state index in [1.165, 1.54) is 4.90 Å². The average Bonchev–Trinajstić information content (AvgIpc) is 3.00. The fourth-order valence-corrected chi connectivity index (χ4v) is 5.96. The highest BCUT2D eigenvalue weighted by atomic mass is 32.2. The van der Waals surface area contributed by atoms with Crippen molar-refractivity contribution in [3.63, 3.8) is 0 Å². The highest BCUT2D eigenvalue weighted by molar-refractivity contribution is 7.91. The Morgan fingerprint density at radius 2 is 1.96 bits per heavy atom. The second-order valence-corrected chi connectivity index (χ2v) is 9.55. The number of rotatable bonds is 5. The highest BCUT2D eigenvalue weighted by Gasteiger charge is 2.51. The van der Waals surface area contributed by atoms with Crippen LogP contribution in [0.1, 0.15) is 51.9 Å². The van der Waals surface area contributed by atoms with Crippen LogP contribution in [0.25, 0.3) is 0 Å². The summed E-state index contributed by atoms with van der Waals surface area (Å²) < 4.78 is 23.5. The largest absolute Gasteiger partial charge is 0.326 e. The standard InChI is InChI=1S/C16H27N3O4S/c1-2-9-18(13-6-10-24(22,23)11-13)12-19-14(20)16(17-15(19)21)7-4-3-5-8-16/h13H,2-12H2,1H3,(H,17,21). The van der Waals surface area contributed by atoms with Crippen LogP contribution in [0.3, 0.4) is 0 Å². The van der Waals surface area contributed by atoms with E-state index in [-0.39, 0.29) is 36.2 Å². The van der Waals surface area contributed by atoms with Crippen LogP contribution in [-0.2, 0) is 14.6 Å². The van der Waals surface area contributed by atoms with Crippen molar-refractivity contribution in [3.05, 3.63) is 0 Å². The molecule has 2 saturated heterocycles. The number of amides is 3. The van der Waals surface area contributed by atoms with Crippen LogP contribution < -0.4 is 5.32 Å². The van der Waals surface area contributed by atoms with Crippen molar-refractivity contribution in [2.75, 3.05) is 24.7 Å². The second-order valence-electron chi connectivity index (χ2n) is 7.32. The van der Waals surface area contributed by atoms with Crippen molar-refractivity contribution >= 4 is 21.8 Å². The molecule has 7 nitrogen and oxygen atoms in total. The number of carbonyl (C=O) groups excluding carboxylic acids is 2. The van der Waals surface area contributed by atoms with Gasteiger partial charge < -0.3 is 5.32 Å². The molecule has 1 unspecified atom stereocenters. The van der Waals surface area contributed by atoms with E-state index in [0.29, 0.717) is 25.8 Å². The summed E-state index contributed by atoms with van der Waals surface area (Å²) in [6.07, 6.45) is 5.87. The van der Waals surface area contributed by atoms with E-state index in [2.05, 4.69) is 5.32 Å². The molecule has 0 aromatic carbocycles. The Hall–Kier alpha value is -1.15. The molecule has 0 bridgehead atoms. The summed E-state index contributed by atoms with van der Waals surface area (Å²) in [6, 6.07) is -0.428. The van der Waals surface area contributed by atoms with E-state index in [1.54, 1.807) is 0 Å². The van der Waals surface area contributed by atoms with Crippen LogP contribution in [0.2, 0.25) is 0 Å². The van der Waals surface area contributed by atoms with Gasteiger partial charge in [0.25, 0.3) is 5.91 Å². The predicted octanol–water partition coefficient (Wildman–Crippen LogP) is 1.10. The first-order valence-corrected chi connectivity index (χ1v) is 10.8. The Balaban J connectivity index is 1.72. The molecular weight excluding hydrogens is 330 g/mol. The zero-order valence-electron chi connectivity index (χ0n) is 14.3. The van der Waals surface area contributed by atoms with Crippen molar-refractivity contribution < 1.29 is 18.0 Å². The Morgan fingerprint density at radius 1 is 1.25 bits per heavy atom. The van der Waals surface area contributed by atoms with Crippen LogP contribution >= 0.6 is 0 Å². The number of imide groups is 1. The molecule has 2 aliphatic heterocycles. The van der Waals surface area contributed by atoms with Gasteiger partial charge in [-0.1, -0.05) is 26.2 Å². The van der Waals surface area contributed by atoms with Gasteiger partial charge in [0.1, 0.15) is 5.54 Å². The minimum absolute atomic E-state index is 0.0987. The molecule has 8 heteroatoms. The maximum atomic E-state index is 12.9. The average molecular weight is 357 g/mol. The van der Waals surface area contributed by atoms with Gasteiger partial charge in [-0.25, -0.2) is 18.1 Å². The lowest BCUT2D eigenvalue weighted by Crippen LogP contribution is -2.50. The maximum Gasteiger partial charge on any atom is 0.326 e. The Bertz CT molecular complexity index is 613. The zero-order chi connectivity index (χ0) is 17.4. The molecule has 0 aromatic heterocycles. The maximum absolute atomic E-state index is 12.9. The van der Waals surface area contributed by atoms with Gasteiger partial charge in [0.2, 0.25) is 0 Å². The first-order valence-electron chi connectivity index (χ1n) is 8.95. The van der Waals surface area contributed by atoms with Gasteiger partial charge in [0.05, 0.1) is 18.2 Å². The first kappa shape index (κ1) is 17.7. The number of carbonyl (C=O) groups is 2. The van der Waals surface area contributed by atoms with Crippen molar-refractivity contribution in [1.29, 1.82) is 0 Å². The van der Waals surface area contributed by atoms with Crippen molar-refractivity contribution in [2.24, 2.45) is 0 Å². The molecule has 136 valence electrons. The van der Waals surface area contributed by atoms with E-state index in [0.717, 1.165) is 25.7 Å². The van der Waals surface area contributed by atoms with Crippen LogP contribution in [-0.4, -0.2) is 66.5 Å². The molecule has 1 N–H and O–H groups in total. The molecule has 3 amide bonds. The lowest BCUT2D eigenvalue weighted by atomic mass is 9.82. The van der Waals surface area contributed by atoms with Crippen molar-refractivity contribution in [1.82, 2.24) is 15.1 Å². The molecule has 3 rings (SSSR count). The Labute approximate surface area is 143 Å². The Kier molecular flexibility index (Phi) is 4.88. The number of sulfone groups is 1. The highest BCUT2D eigenvalue weighted by Crippen LogP contribution is 2.34. The smallest absolute Gasteiger partial charge is 0.323 e. The summed E-state index contributed by atoms with van der Waals surface area (Å²) in [5.74, 6) is 0.193. The number of nitrogens with one attached hydrogen (secondary N) is 1. The molecule has 1 spiro atoms. The molecule has 2 heterocycles. The topological polar surface area (TPSA) is 86.8 Å². The predicted molar refractivity (Wildman–Crippen MR) is 90.1 cm³/mol. The monoisotopic (exact) mass is 357 g/mol. The zero-order valence-corrected chi connectivity index (χ0v) is 15.1. The lowest BCUT2D eigenvalue weighted by Gasteiger charge is -2.33. The Morgan fingerprint density at radius 3 is 2.54 bits per heavy atom. The van der Waals surface area contributed by atoms with E-state index in [1.807, 2.05) is 11.8 Å². The van der Waals surface area contributed by atoms with Crippen LogP contribution in [0.5, 0.6) is 0 Å². The molecule has 24 heavy (non-hydrogen) atoms. The summed E-state index contributed by atoms with van der Waals surface area (Å²) >= 11 is 0. The normalized spacial score (nSPS) is 28.8. The number of urea groups is 1. The fraction of sp³-hybridized carbons (Fsp3) is 0.875. The molecule has 1 atom stereocenters. The molecule has 1 saturated carbocycles. The van der Waals surface area contributed by atoms with E-state index in [4.69, 9.17) is 0 Å². The molecule has 3 aliphatic rings. The first-order chi connectivity index (χ1) is 11.4. The van der Waals surface area contributed by atoms with Gasteiger partial charge >= 0.3 is 6.03 Å². The number of hydrogen-bond donors (Lipinski definition) is 1. The molecule has 1 aliphatic carbocycles. The molecule has 0 radical (unpaired) electrons. The number of nitrogens with zero attached hydrogens (tertiary/aromatic N) is 2. The van der Waals surface area contributed by atoms with E-state index in [9.17, 15) is 18.0 Å². The summed E-state index contributed by atoms with van der Waals surface area (Å²) in [4.78, 5) is 28.5. The van der Waals surface area contributed by atoms with Crippen molar-refractivity contribution in [3.8, 4) is 0 Å². The molecular formula is C16H27N3O4S. The minimum atomic E-state index is -2.99. The van der Waals surface area contributed by atoms with Crippen molar-refractivity contribution in [2.45, 2.75) is 63.5 Å². The summed E-state index contributed by atoms with van der Waals surface area (Å²) in [5, 5.41) is 2.92. The fourth-order valence-electron chi connectivity index (χ4n) is 4.20. The van der Waals surface area contributed by atoms with Crippen LogP contribution in [0.15, 0.2) is 0 Å². The number of hydrogen-bond acceptors (Lipinski definition) is 5. The van der Waals surface area contributed by atoms with Gasteiger partial charge in [-0.15, -0.1) is 0 Å². The van der Waals surface area contributed by atoms with Crippen LogP contribution in [0, 0.1) is 0 Å². The molecule has 3 fully saturated rings. The summed E-state index contributed by atoms with van der Waals surface area (Å²) in [5.41, 5.74) is -0.713. The quantitative estimate of drug-likeness (QED) is 0.745. The minimum Gasteiger partial charge on any atom is -0.323 e. The van der Waals surface area contributed by atoms with Gasteiger partial charge in [0.15, 0.2) is 9.84 Å². The van der Waals surface area contributed by atoms with E-state index < -0.39 is 15.4 Å². The van der Waals surface area contributed by atoms with Gasteiger partial charge in [-0.05, 0) is 32.2 Å². The van der Waals surface area contributed by atoms with Gasteiger partial charge in [-0.2, -0.15) is 0 Å². The van der Waals surface area contributed by atoms with Crippen LogP contribution in [0.4, 0.5) is 4.79 Å². The van der Waals surface area contributed by atoms with Gasteiger partial charge in [-0.3, -0.25) is 9.69 Å². The SMILES string of the molecule is CCCN(CN1C(=O)NC2(CCCCC2)C1=O)C1CCS(=O)(=O)C1.